The molecule has 1 atom stereocenters. The number of hydrogen-bond donors (Lipinski definition) is 2. The van der Waals surface area contributed by atoms with E-state index in [-0.39, 0.29) is 24.3 Å². The van der Waals surface area contributed by atoms with Crippen molar-refractivity contribution in [2.24, 2.45) is 0 Å². The third-order valence-corrected chi connectivity index (χ3v) is 5.22. The summed E-state index contributed by atoms with van der Waals surface area (Å²) in [5.74, 6) is -0.203. The number of likely N-dealkylation sites (N-methyl/N-ethyl adjacent to an activating group) is 1. The lowest BCUT2D eigenvalue weighted by atomic mass is 10.2. The average Bonchev–Trinajstić information content (AvgIpc) is 3.28. The molecule has 0 aliphatic carbocycles. The van der Waals surface area contributed by atoms with Gasteiger partial charge in [0.2, 0.25) is 17.7 Å². The van der Waals surface area contributed by atoms with Crippen molar-refractivity contribution >= 4 is 35.1 Å². The maximum Gasteiger partial charge on any atom is 0.245 e. The van der Waals surface area contributed by atoms with Crippen molar-refractivity contribution in [1.82, 2.24) is 15.5 Å². The Bertz CT molecular complexity index is 863. The fourth-order valence-corrected chi connectivity index (χ4v) is 3.30. The van der Waals surface area contributed by atoms with E-state index in [0.717, 1.165) is 16.2 Å². The maximum atomic E-state index is 12.6. The molecule has 1 aromatic heterocycles. The molecular formula is C22H27N3O4S. The highest BCUT2D eigenvalue weighted by Gasteiger charge is 2.22. The molecule has 2 aromatic rings. The Kier molecular flexibility index (Phi) is 9.08. The lowest BCUT2D eigenvalue weighted by Gasteiger charge is -2.24. The van der Waals surface area contributed by atoms with Crippen molar-refractivity contribution in [3.63, 3.8) is 0 Å². The van der Waals surface area contributed by atoms with Gasteiger partial charge < -0.3 is 20.3 Å². The van der Waals surface area contributed by atoms with E-state index in [0.29, 0.717) is 13.1 Å². The molecule has 0 bridgehead atoms. The first-order valence-corrected chi connectivity index (χ1v) is 10.5. The average molecular weight is 430 g/mol. The van der Waals surface area contributed by atoms with E-state index < -0.39 is 6.04 Å². The second kappa shape index (κ2) is 11.8. The highest BCUT2D eigenvalue weighted by atomic mass is 32.1. The molecule has 7 nitrogen and oxygen atoms in total. The first kappa shape index (κ1) is 23.2. The molecule has 0 aliphatic heterocycles. The molecule has 8 heteroatoms. The smallest absolute Gasteiger partial charge is 0.245 e. The molecule has 3 amide bonds. The third kappa shape index (κ3) is 7.36. The summed E-state index contributed by atoms with van der Waals surface area (Å²) in [5, 5.41) is 7.39. The quantitative estimate of drug-likeness (QED) is 0.568. The Balaban J connectivity index is 1.83. The van der Waals surface area contributed by atoms with Gasteiger partial charge >= 0.3 is 0 Å². The van der Waals surface area contributed by atoms with E-state index in [9.17, 15) is 14.4 Å². The molecule has 0 spiro atoms. The van der Waals surface area contributed by atoms with Gasteiger partial charge in [-0.05, 0) is 49.1 Å². The molecule has 160 valence electrons. The zero-order valence-electron chi connectivity index (χ0n) is 17.4. The number of nitrogens with one attached hydrogen (secondary N) is 2. The molecule has 0 fully saturated rings. The van der Waals surface area contributed by atoms with Crippen LogP contribution in [0.1, 0.15) is 24.3 Å². The van der Waals surface area contributed by atoms with E-state index >= 15 is 0 Å². The van der Waals surface area contributed by atoms with Crippen molar-refractivity contribution in [2.45, 2.75) is 26.4 Å². The lowest BCUT2D eigenvalue weighted by Crippen LogP contribution is -2.49. The van der Waals surface area contributed by atoms with Crippen molar-refractivity contribution in [2.75, 3.05) is 20.2 Å². The summed E-state index contributed by atoms with van der Waals surface area (Å²) in [6.45, 7) is 4.15. The lowest BCUT2D eigenvalue weighted by molar-refractivity contribution is -0.138. The fourth-order valence-electron chi connectivity index (χ4n) is 2.66. The number of carbonyl (C=O) groups is 3. The van der Waals surface area contributed by atoms with Gasteiger partial charge in [-0.1, -0.05) is 18.2 Å². The van der Waals surface area contributed by atoms with E-state index in [1.165, 1.54) is 11.0 Å². The molecule has 0 aliphatic rings. The number of benzene rings is 1. The summed E-state index contributed by atoms with van der Waals surface area (Å²) in [4.78, 5) is 39.4. The first-order valence-electron chi connectivity index (χ1n) is 9.63. The zero-order chi connectivity index (χ0) is 21.9. The van der Waals surface area contributed by atoms with Gasteiger partial charge in [-0.2, -0.15) is 0 Å². The number of carbonyl (C=O) groups excluding carboxylic acids is 3. The van der Waals surface area contributed by atoms with Crippen molar-refractivity contribution < 1.29 is 19.1 Å². The molecule has 30 heavy (non-hydrogen) atoms. The van der Waals surface area contributed by atoms with Gasteiger partial charge in [-0.15, -0.1) is 11.3 Å². The fraction of sp³-hybridized carbons (Fsp3) is 0.318. The van der Waals surface area contributed by atoms with Crippen LogP contribution in [0, 0.1) is 0 Å². The van der Waals surface area contributed by atoms with Crippen LogP contribution in [0.25, 0.3) is 6.08 Å². The summed E-state index contributed by atoms with van der Waals surface area (Å²) < 4.78 is 5.09. The van der Waals surface area contributed by atoms with Crippen molar-refractivity contribution in [1.29, 1.82) is 0 Å². The van der Waals surface area contributed by atoms with Crippen LogP contribution < -0.4 is 15.4 Å². The molecule has 0 radical (unpaired) electrons. The van der Waals surface area contributed by atoms with Gasteiger partial charge in [0.15, 0.2) is 0 Å². The predicted octanol–water partition coefficient (Wildman–Crippen LogP) is 2.44. The highest BCUT2D eigenvalue weighted by Crippen LogP contribution is 2.12. The van der Waals surface area contributed by atoms with Crippen LogP contribution in [-0.2, 0) is 20.9 Å². The van der Waals surface area contributed by atoms with Gasteiger partial charge in [0.05, 0.1) is 20.2 Å². The minimum Gasteiger partial charge on any atom is -0.497 e. The van der Waals surface area contributed by atoms with Crippen LogP contribution in [-0.4, -0.2) is 48.9 Å². The molecule has 1 unspecified atom stereocenters. The Morgan fingerprint density at radius 1 is 1.20 bits per heavy atom. The Morgan fingerprint density at radius 2 is 1.93 bits per heavy atom. The highest BCUT2D eigenvalue weighted by molar-refractivity contribution is 7.09. The number of thiophene rings is 1. The summed E-state index contributed by atoms with van der Waals surface area (Å²) in [7, 11) is 1.59. The van der Waals surface area contributed by atoms with Crippen LogP contribution >= 0.6 is 11.3 Å². The van der Waals surface area contributed by atoms with Crippen LogP contribution in [0.4, 0.5) is 0 Å². The number of rotatable bonds is 10. The van der Waals surface area contributed by atoms with Gasteiger partial charge in [-0.3, -0.25) is 14.4 Å². The SMILES string of the molecule is CCN(CC(=O)NCc1cccs1)C(=O)C(C)NC(=O)/C=C/c1ccc(OC)cc1. The van der Waals surface area contributed by atoms with Gasteiger partial charge in [0.1, 0.15) is 11.8 Å². The van der Waals surface area contributed by atoms with Crippen LogP contribution in [0.5, 0.6) is 5.75 Å². The van der Waals surface area contributed by atoms with Crippen molar-refractivity contribution in [3.8, 4) is 5.75 Å². The van der Waals surface area contributed by atoms with Gasteiger partial charge in [0, 0.05) is 17.5 Å². The maximum absolute atomic E-state index is 12.6. The summed E-state index contributed by atoms with van der Waals surface area (Å²) in [5.41, 5.74) is 0.836. The Morgan fingerprint density at radius 3 is 2.53 bits per heavy atom. The molecule has 1 aromatic carbocycles. The molecule has 1 heterocycles. The summed E-state index contributed by atoms with van der Waals surface area (Å²) >= 11 is 1.56. The van der Waals surface area contributed by atoms with E-state index in [2.05, 4.69) is 10.6 Å². The number of amides is 3. The zero-order valence-corrected chi connectivity index (χ0v) is 18.2. The third-order valence-electron chi connectivity index (χ3n) is 4.34. The topological polar surface area (TPSA) is 87.7 Å². The monoisotopic (exact) mass is 429 g/mol. The number of ether oxygens (including phenoxy) is 1. The largest absolute Gasteiger partial charge is 0.497 e. The number of methoxy groups -OCH3 is 1. The Hall–Kier alpha value is -3.13. The van der Waals surface area contributed by atoms with E-state index in [1.807, 2.05) is 29.6 Å². The minimum atomic E-state index is -0.747. The van der Waals surface area contributed by atoms with Crippen LogP contribution in [0.3, 0.4) is 0 Å². The van der Waals surface area contributed by atoms with E-state index in [1.54, 1.807) is 50.5 Å². The normalized spacial score (nSPS) is 11.7. The summed E-state index contributed by atoms with van der Waals surface area (Å²) in [6, 6.07) is 10.4. The van der Waals surface area contributed by atoms with Gasteiger partial charge in [0.25, 0.3) is 0 Å². The second-order valence-electron chi connectivity index (χ2n) is 6.55. The molecule has 2 rings (SSSR count). The van der Waals surface area contributed by atoms with Crippen LogP contribution in [0.15, 0.2) is 47.9 Å². The van der Waals surface area contributed by atoms with Crippen molar-refractivity contribution in [3.05, 3.63) is 58.3 Å². The number of hydrogen-bond acceptors (Lipinski definition) is 5. The summed E-state index contributed by atoms with van der Waals surface area (Å²) in [6.07, 6.45) is 3.02. The number of nitrogens with zero attached hydrogens (tertiary/aromatic N) is 1. The molecular weight excluding hydrogens is 402 g/mol. The predicted molar refractivity (Wildman–Crippen MR) is 118 cm³/mol. The first-order chi connectivity index (χ1) is 14.4. The molecule has 0 saturated heterocycles. The van der Waals surface area contributed by atoms with Crippen LogP contribution in [0.2, 0.25) is 0 Å². The van der Waals surface area contributed by atoms with Gasteiger partial charge in [-0.25, -0.2) is 0 Å². The molecule has 0 saturated carbocycles. The Labute approximate surface area is 180 Å². The van der Waals surface area contributed by atoms with E-state index in [4.69, 9.17) is 4.74 Å². The second-order valence-corrected chi connectivity index (χ2v) is 7.58. The molecule has 2 N–H and O–H groups in total. The standard InChI is InChI=1S/C22H27N3O4S/c1-4-25(15-21(27)23-14-19-6-5-13-30-19)22(28)16(2)24-20(26)12-9-17-7-10-18(29-3)11-8-17/h5-13,16H,4,14-15H2,1-3H3,(H,23,27)(H,24,26)/b12-9+. The minimum absolute atomic E-state index is 0.0530.